The van der Waals surface area contributed by atoms with E-state index in [1.807, 2.05) is 11.4 Å². The summed E-state index contributed by atoms with van der Waals surface area (Å²) in [6, 6.07) is 2.02. The summed E-state index contributed by atoms with van der Waals surface area (Å²) in [5, 5.41) is 2.03. The van der Waals surface area contributed by atoms with E-state index in [1.165, 1.54) is 0 Å². The molecule has 0 aromatic carbocycles. The van der Waals surface area contributed by atoms with Crippen LogP contribution in [0.15, 0.2) is 11.4 Å². The normalized spacial score (nSPS) is 16.2. The van der Waals surface area contributed by atoms with Crippen molar-refractivity contribution in [2.45, 2.75) is 0 Å². The number of H-pyrrole nitrogens is 1. The number of aromatic amines is 1. The van der Waals surface area contributed by atoms with Gasteiger partial charge in [-0.3, -0.25) is 4.79 Å². The van der Waals surface area contributed by atoms with E-state index >= 15 is 0 Å². The fourth-order valence-corrected chi connectivity index (χ4v) is 3.19. The minimum absolute atomic E-state index is 0.508. The van der Waals surface area contributed by atoms with Gasteiger partial charge in [0.15, 0.2) is 10.6 Å². The highest BCUT2D eigenvalue weighted by molar-refractivity contribution is 7.71. The minimum Gasteiger partial charge on any atom is -0.352 e. The molecular formula is C11H12N4OS2. The largest absolute Gasteiger partial charge is 0.352 e. The van der Waals surface area contributed by atoms with Crippen molar-refractivity contribution in [3.8, 4) is 0 Å². The number of hydrogen-bond acceptors (Lipinski definition) is 5. The summed E-state index contributed by atoms with van der Waals surface area (Å²) in [6.07, 6.45) is 0.906. The molecule has 2 aromatic rings. The first-order chi connectivity index (χ1) is 8.78. The van der Waals surface area contributed by atoms with Crippen LogP contribution in [0.2, 0.25) is 0 Å². The summed E-state index contributed by atoms with van der Waals surface area (Å²) in [5.41, 5.74) is 1.04. The lowest BCUT2D eigenvalue weighted by molar-refractivity contribution is -0.118. The molecule has 0 atom stereocenters. The average Bonchev–Trinajstić information content (AvgIpc) is 2.86. The maximum absolute atomic E-state index is 10.7. The molecule has 3 rings (SSSR count). The van der Waals surface area contributed by atoms with Gasteiger partial charge in [0.05, 0.1) is 10.2 Å². The van der Waals surface area contributed by atoms with Gasteiger partial charge < -0.3 is 14.8 Å². The number of hydrogen-bond donors (Lipinski definition) is 1. The van der Waals surface area contributed by atoms with Gasteiger partial charge in [-0.15, -0.1) is 11.3 Å². The van der Waals surface area contributed by atoms with Crippen molar-refractivity contribution in [3.05, 3.63) is 16.2 Å². The highest BCUT2D eigenvalue weighted by Crippen LogP contribution is 2.28. The molecule has 0 saturated carbocycles. The van der Waals surface area contributed by atoms with Gasteiger partial charge in [0.2, 0.25) is 6.41 Å². The van der Waals surface area contributed by atoms with Crippen LogP contribution in [0, 0.1) is 4.77 Å². The fraction of sp³-hybridized carbons (Fsp3) is 0.364. The van der Waals surface area contributed by atoms with E-state index in [0.717, 1.165) is 48.6 Å². The molecule has 1 N–H and O–H groups in total. The topological polar surface area (TPSA) is 52.2 Å². The molecule has 1 amide bonds. The average molecular weight is 280 g/mol. The Morgan fingerprint density at radius 2 is 2.17 bits per heavy atom. The standard InChI is InChI=1S/C11H12N4OS2/c16-7-14-2-4-15(5-3-14)10-9-8(1-6-18-9)12-11(17)13-10/h1,6-7H,2-5H2,(H,12,13,17). The van der Waals surface area contributed by atoms with Gasteiger partial charge in [0.25, 0.3) is 0 Å². The first-order valence-electron chi connectivity index (χ1n) is 5.70. The summed E-state index contributed by atoms with van der Waals surface area (Å²) in [7, 11) is 0. The summed E-state index contributed by atoms with van der Waals surface area (Å²) < 4.78 is 1.64. The monoisotopic (exact) mass is 280 g/mol. The second kappa shape index (κ2) is 4.66. The summed E-state index contributed by atoms with van der Waals surface area (Å²) in [5.74, 6) is 0.939. The molecule has 1 saturated heterocycles. The molecule has 0 bridgehead atoms. The number of carbonyl (C=O) groups excluding carboxylic acids is 1. The van der Waals surface area contributed by atoms with Crippen molar-refractivity contribution in [3.63, 3.8) is 0 Å². The molecule has 2 aromatic heterocycles. The van der Waals surface area contributed by atoms with Crippen LogP contribution in [0.25, 0.3) is 10.2 Å². The number of anilines is 1. The molecule has 7 heteroatoms. The van der Waals surface area contributed by atoms with Crippen LogP contribution < -0.4 is 4.90 Å². The second-order valence-corrected chi connectivity index (χ2v) is 5.46. The molecule has 0 radical (unpaired) electrons. The molecular weight excluding hydrogens is 268 g/mol. The zero-order valence-electron chi connectivity index (χ0n) is 9.63. The summed E-state index contributed by atoms with van der Waals surface area (Å²) in [4.78, 5) is 22.2. The van der Waals surface area contributed by atoms with Gasteiger partial charge in [-0.2, -0.15) is 0 Å². The van der Waals surface area contributed by atoms with Crippen molar-refractivity contribution in [1.29, 1.82) is 0 Å². The van der Waals surface area contributed by atoms with Gasteiger partial charge in [0, 0.05) is 26.2 Å². The lowest BCUT2D eigenvalue weighted by Gasteiger charge is -2.33. The second-order valence-electron chi connectivity index (χ2n) is 4.16. The molecule has 1 aliphatic heterocycles. The predicted molar refractivity (Wildman–Crippen MR) is 74.7 cm³/mol. The smallest absolute Gasteiger partial charge is 0.209 e. The Labute approximate surface area is 113 Å². The van der Waals surface area contributed by atoms with Gasteiger partial charge in [0.1, 0.15) is 0 Å². The molecule has 3 heterocycles. The zero-order chi connectivity index (χ0) is 12.5. The molecule has 94 valence electrons. The molecule has 18 heavy (non-hydrogen) atoms. The maximum Gasteiger partial charge on any atom is 0.209 e. The Morgan fingerprint density at radius 3 is 2.89 bits per heavy atom. The van der Waals surface area contributed by atoms with Gasteiger partial charge in [-0.1, -0.05) is 0 Å². The van der Waals surface area contributed by atoms with Crippen molar-refractivity contribution in [2.24, 2.45) is 0 Å². The van der Waals surface area contributed by atoms with Crippen LogP contribution in [0.4, 0.5) is 5.82 Å². The third kappa shape index (κ3) is 1.99. The Bertz CT molecular complexity index is 627. The van der Waals surface area contributed by atoms with E-state index < -0.39 is 0 Å². The first kappa shape index (κ1) is 11.6. The number of nitrogens with one attached hydrogen (secondary N) is 1. The van der Waals surface area contributed by atoms with Crippen LogP contribution in [-0.2, 0) is 4.79 Å². The van der Waals surface area contributed by atoms with E-state index in [0.29, 0.717) is 4.77 Å². The van der Waals surface area contributed by atoms with E-state index in [2.05, 4.69) is 14.9 Å². The number of amides is 1. The lowest BCUT2D eigenvalue weighted by atomic mass is 10.3. The summed E-state index contributed by atoms with van der Waals surface area (Å²) in [6.45, 7) is 3.09. The number of fused-ring (bicyclic) bond motifs is 1. The molecule has 0 spiro atoms. The maximum atomic E-state index is 10.7. The molecule has 5 nitrogen and oxygen atoms in total. The van der Waals surface area contributed by atoms with Crippen LogP contribution in [0.5, 0.6) is 0 Å². The lowest BCUT2D eigenvalue weighted by Crippen LogP contribution is -2.46. The number of thiophene rings is 1. The number of aromatic nitrogens is 2. The van der Waals surface area contributed by atoms with E-state index in [1.54, 1.807) is 16.2 Å². The number of piperazine rings is 1. The Kier molecular flexibility index (Phi) is 3.00. The fourth-order valence-electron chi connectivity index (χ4n) is 2.12. The highest BCUT2D eigenvalue weighted by Gasteiger charge is 2.19. The van der Waals surface area contributed by atoms with Crippen molar-refractivity contribution >= 4 is 46.0 Å². The minimum atomic E-state index is 0.508. The predicted octanol–water partition coefficient (Wildman–Crippen LogP) is 1.63. The van der Waals surface area contributed by atoms with Crippen LogP contribution >= 0.6 is 23.6 Å². The van der Waals surface area contributed by atoms with E-state index in [-0.39, 0.29) is 0 Å². The number of nitrogens with zero attached hydrogens (tertiary/aromatic N) is 3. The first-order valence-corrected chi connectivity index (χ1v) is 6.98. The third-order valence-electron chi connectivity index (χ3n) is 3.08. The Balaban J connectivity index is 1.97. The van der Waals surface area contributed by atoms with Crippen LogP contribution in [0.1, 0.15) is 0 Å². The SMILES string of the molecule is O=CN1CCN(c2nc(=S)[nH]c3ccsc23)CC1. The van der Waals surface area contributed by atoms with Gasteiger partial charge >= 0.3 is 0 Å². The Hall–Kier alpha value is -1.47. The van der Waals surface area contributed by atoms with E-state index in [4.69, 9.17) is 12.2 Å². The number of carbonyl (C=O) groups is 1. The van der Waals surface area contributed by atoms with Gasteiger partial charge in [-0.25, -0.2) is 4.98 Å². The molecule has 1 fully saturated rings. The van der Waals surface area contributed by atoms with Crippen molar-refractivity contribution in [1.82, 2.24) is 14.9 Å². The molecule has 0 unspecified atom stereocenters. The number of rotatable bonds is 2. The van der Waals surface area contributed by atoms with Crippen LogP contribution in [-0.4, -0.2) is 47.5 Å². The van der Waals surface area contributed by atoms with Crippen LogP contribution in [0.3, 0.4) is 0 Å². The molecule has 0 aliphatic carbocycles. The van der Waals surface area contributed by atoms with Gasteiger partial charge in [-0.05, 0) is 23.7 Å². The van der Waals surface area contributed by atoms with Crippen molar-refractivity contribution in [2.75, 3.05) is 31.1 Å². The Morgan fingerprint density at radius 1 is 1.39 bits per heavy atom. The zero-order valence-corrected chi connectivity index (χ0v) is 11.3. The van der Waals surface area contributed by atoms with Crippen molar-refractivity contribution < 1.29 is 4.79 Å². The third-order valence-corrected chi connectivity index (χ3v) is 4.18. The highest BCUT2D eigenvalue weighted by atomic mass is 32.1. The summed E-state index contributed by atoms with van der Waals surface area (Å²) >= 11 is 6.81. The van der Waals surface area contributed by atoms with E-state index in [9.17, 15) is 4.79 Å². The molecule has 1 aliphatic rings. The quantitative estimate of drug-likeness (QED) is 0.671.